The van der Waals surface area contributed by atoms with Gasteiger partial charge in [0.2, 0.25) is 11.8 Å². The molecule has 4 rings (SSSR count). The maximum atomic E-state index is 13.5. The molecule has 1 saturated heterocycles. The molecule has 3 atom stereocenters. The van der Waals surface area contributed by atoms with Gasteiger partial charge < -0.3 is 14.5 Å². The van der Waals surface area contributed by atoms with Crippen molar-refractivity contribution in [1.82, 2.24) is 15.3 Å². The van der Waals surface area contributed by atoms with Crippen LogP contribution in [0.3, 0.4) is 0 Å². The lowest BCUT2D eigenvalue weighted by Crippen LogP contribution is -2.52. The number of nitrogens with one attached hydrogen (secondary N) is 1. The Morgan fingerprint density at radius 1 is 1.27 bits per heavy atom. The fourth-order valence-corrected chi connectivity index (χ4v) is 3.86. The molecule has 7 heteroatoms. The molecule has 3 aromatic rings. The van der Waals surface area contributed by atoms with Gasteiger partial charge in [0.25, 0.3) is 0 Å². The average Bonchev–Trinajstić information content (AvgIpc) is 3.28. The summed E-state index contributed by atoms with van der Waals surface area (Å²) in [5.41, 5.74) is 2.34. The fraction of sp³-hybridized carbons (Fsp3) is 0.348. The lowest BCUT2D eigenvalue weighted by Gasteiger charge is -2.35. The number of halogens is 1. The molecule has 0 saturated carbocycles. The van der Waals surface area contributed by atoms with E-state index in [9.17, 15) is 9.18 Å². The van der Waals surface area contributed by atoms with Gasteiger partial charge in [-0.1, -0.05) is 0 Å². The van der Waals surface area contributed by atoms with Gasteiger partial charge in [-0.2, -0.15) is 0 Å². The Morgan fingerprint density at radius 2 is 2.13 bits per heavy atom. The van der Waals surface area contributed by atoms with Crippen LogP contribution in [-0.2, 0) is 0 Å². The Labute approximate surface area is 174 Å². The zero-order chi connectivity index (χ0) is 21.1. The molecule has 1 fully saturated rings. The molecule has 1 aliphatic heterocycles. The van der Waals surface area contributed by atoms with Crippen molar-refractivity contribution in [2.24, 2.45) is 5.92 Å². The second-order valence-corrected chi connectivity index (χ2v) is 7.80. The second-order valence-electron chi connectivity index (χ2n) is 7.80. The topological polar surface area (TPSA) is 77.2 Å². The van der Waals surface area contributed by atoms with Crippen molar-refractivity contribution in [3.63, 3.8) is 0 Å². The van der Waals surface area contributed by atoms with Gasteiger partial charge >= 0.3 is 0 Å². The highest BCUT2D eigenvalue weighted by atomic mass is 19.1. The second kappa shape index (κ2) is 8.75. The van der Waals surface area contributed by atoms with E-state index in [2.05, 4.69) is 22.2 Å². The summed E-state index contributed by atoms with van der Waals surface area (Å²) >= 11 is 0. The summed E-state index contributed by atoms with van der Waals surface area (Å²) in [5, 5.41) is 3.43. The standard InChI is InChI=1S/C23H24FN3O3/c1-14-9-17(11-18(10-14)23-25-7-8-29-23)22(28)21-16(4-3-15(2)27-21)13-30-20-6-5-19(24)12-26-20/h5-12,15-16,21,27H,3-4,13H2,1-2H3. The molecule has 1 aromatic carbocycles. The van der Waals surface area contributed by atoms with E-state index in [1.54, 1.807) is 6.20 Å². The highest BCUT2D eigenvalue weighted by Crippen LogP contribution is 2.27. The van der Waals surface area contributed by atoms with Gasteiger partial charge in [-0.15, -0.1) is 0 Å². The number of carbonyl (C=O) groups is 1. The highest BCUT2D eigenvalue weighted by molar-refractivity contribution is 6.01. The minimum atomic E-state index is -0.412. The SMILES string of the molecule is Cc1cc(C(=O)C2NC(C)CCC2COc2ccc(F)cn2)cc(-c2ncco2)c1. The van der Waals surface area contributed by atoms with E-state index in [0.29, 0.717) is 23.9 Å². The summed E-state index contributed by atoms with van der Waals surface area (Å²) in [6, 6.07) is 8.30. The number of ether oxygens (including phenoxy) is 1. The van der Waals surface area contributed by atoms with Crippen LogP contribution in [0.25, 0.3) is 11.5 Å². The Morgan fingerprint density at radius 3 is 2.87 bits per heavy atom. The molecular formula is C23H24FN3O3. The number of nitrogens with zero attached hydrogens (tertiary/aromatic N) is 2. The lowest BCUT2D eigenvalue weighted by atomic mass is 9.83. The molecule has 1 aliphatic rings. The first-order chi connectivity index (χ1) is 14.5. The van der Waals surface area contributed by atoms with Crippen LogP contribution in [0, 0.1) is 18.7 Å². The third-order valence-corrected chi connectivity index (χ3v) is 5.38. The van der Waals surface area contributed by atoms with E-state index in [4.69, 9.17) is 9.15 Å². The van der Waals surface area contributed by atoms with E-state index in [0.717, 1.165) is 30.2 Å². The molecule has 156 valence electrons. The number of carbonyl (C=O) groups excluding carboxylic acids is 1. The summed E-state index contributed by atoms with van der Waals surface area (Å²) in [4.78, 5) is 21.6. The number of aryl methyl sites for hydroxylation is 1. The smallest absolute Gasteiger partial charge is 0.225 e. The predicted octanol–water partition coefficient (Wildman–Crippen LogP) is 4.20. The van der Waals surface area contributed by atoms with Gasteiger partial charge in [0.1, 0.15) is 12.1 Å². The van der Waals surface area contributed by atoms with Crippen molar-refractivity contribution < 1.29 is 18.3 Å². The van der Waals surface area contributed by atoms with Crippen molar-refractivity contribution in [1.29, 1.82) is 0 Å². The largest absolute Gasteiger partial charge is 0.477 e. The molecule has 2 aromatic heterocycles. The molecule has 0 amide bonds. The van der Waals surface area contributed by atoms with Crippen LogP contribution in [0.4, 0.5) is 4.39 Å². The van der Waals surface area contributed by atoms with Crippen LogP contribution in [0.5, 0.6) is 5.88 Å². The number of hydrogen-bond acceptors (Lipinski definition) is 6. The number of ketones is 1. The van der Waals surface area contributed by atoms with Crippen LogP contribution in [0.15, 0.2) is 53.4 Å². The molecule has 0 spiro atoms. The first-order valence-corrected chi connectivity index (χ1v) is 10.1. The zero-order valence-electron chi connectivity index (χ0n) is 17.0. The van der Waals surface area contributed by atoms with Gasteiger partial charge in [0.15, 0.2) is 5.78 Å². The van der Waals surface area contributed by atoms with Crippen LogP contribution < -0.4 is 10.1 Å². The van der Waals surface area contributed by atoms with Crippen LogP contribution in [-0.4, -0.2) is 34.4 Å². The molecule has 6 nitrogen and oxygen atoms in total. The Bertz CT molecular complexity index is 1010. The number of pyridine rings is 1. The van der Waals surface area contributed by atoms with E-state index >= 15 is 0 Å². The Hall–Kier alpha value is -3.06. The summed E-state index contributed by atoms with van der Waals surface area (Å²) in [6.07, 6.45) is 6.02. The first-order valence-electron chi connectivity index (χ1n) is 10.1. The number of oxazole rings is 1. The quantitative estimate of drug-likeness (QED) is 0.615. The third kappa shape index (κ3) is 4.57. The number of hydrogen-bond donors (Lipinski definition) is 1. The summed E-state index contributed by atoms with van der Waals surface area (Å²) in [6.45, 7) is 4.35. The molecule has 3 heterocycles. The van der Waals surface area contributed by atoms with E-state index in [1.807, 2.05) is 25.1 Å². The molecule has 0 aliphatic carbocycles. The van der Waals surface area contributed by atoms with Crippen molar-refractivity contribution in [3.05, 3.63) is 65.9 Å². The number of piperidine rings is 1. The summed E-state index contributed by atoms with van der Waals surface area (Å²) in [7, 11) is 0. The highest BCUT2D eigenvalue weighted by Gasteiger charge is 2.34. The maximum Gasteiger partial charge on any atom is 0.225 e. The summed E-state index contributed by atoms with van der Waals surface area (Å²) < 4.78 is 24.2. The molecule has 0 bridgehead atoms. The summed E-state index contributed by atoms with van der Waals surface area (Å²) in [5.74, 6) is 0.415. The molecular weight excluding hydrogens is 385 g/mol. The van der Waals surface area contributed by atoms with Crippen molar-refractivity contribution >= 4 is 5.78 Å². The van der Waals surface area contributed by atoms with Gasteiger partial charge in [-0.05, 0) is 56.5 Å². The number of rotatable bonds is 6. The monoisotopic (exact) mass is 409 g/mol. The lowest BCUT2D eigenvalue weighted by molar-refractivity contribution is 0.0803. The van der Waals surface area contributed by atoms with Crippen LogP contribution >= 0.6 is 0 Å². The molecule has 0 radical (unpaired) electrons. The van der Waals surface area contributed by atoms with Crippen LogP contribution in [0.2, 0.25) is 0 Å². The number of aromatic nitrogens is 2. The molecule has 30 heavy (non-hydrogen) atoms. The van der Waals surface area contributed by atoms with Gasteiger partial charge in [0.05, 0.1) is 25.0 Å². The fourth-order valence-electron chi connectivity index (χ4n) is 3.86. The molecule has 1 N–H and O–H groups in total. The van der Waals surface area contributed by atoms with Crippen molar-refractivity contribution in [2.75, 3.05) is 6.61 Å². The van der Waals surface area contributed by atoms with E-state index in [1.165, 1.54) is 18.4 Å². The number of benzene rings is 1. The third-order valence-electron chi connectivity index (χ3n) is 5.38. The Kier molecular flexibility index (Phi) is 5.90. The first kappa shape index (κ1) is 20.2. The molecule has 3 unspecified atom stereocenters. The van der Waals surface area contributed by atoms with Crippen LogP contribution in [0.1, 0.15) is 35.7 Å². The average molecular weight is 409 g/mol. The maximum absolute atomic E-state index is 13.5. The normalized spacial score (nSPS) is 21.4. The predicted molar refractivity (Wildman–Crippen MR) is 110 cm³/mol. The van der Waals surface area contributed by atoms with Gasteiger partial charge in [0, 0.05) is 29.2 Å². The van der Waals surface area contributed by atoms with Crippen molar-refractivity contribution in [2.45, 2.75) is 38.8 Å². The van der Waals surface area contributed by atoms with E-state index in [-0.39, 0.29) is 23.8 Å². The minimum Gasteiger partial charge on any atom is -0.477 e. The Balaban J connectivity index is 1.54. The van der Waals surface area contributed by atoms with E-state index < -0.39 is 5.82 Å². The van der Waals surface area contributed by atoms with Gasteiger partial charge in [-0.25, -0.2) is 14.4 Å². The zero-order valence-corrected chi connectivity index (χ0v) is 17.0. The van der Waals surface area contributed by atoms with Gasteiger partial charge in [-0.3, -0.25) is 4.79 Å². The number of Topliss-reactive ketones (excluding diaryl/α,β-unsaturated/α-hetero) is 1. The minimum absolute atomic E-state index is 0.0127. The van der Waals surface area contributed by atoms with Crippen molar-refractivity contribution in [3.8, 4) is 17.3 Å².